The fourth-order valence-electron chi connectivity index (χ4n) is 4.22. The summed E-state index contributed by atoms with van der Waals surface area (Å²) in [6, 6.07) is 17.4. The minimum atomic E-state index is -1.11. The van der Waals surface area contributed by atoms with Crippen LogP contribution in [0.2, 0.25) is 0 Å². The average molecular weight is 655 g/mol. The highest BCUT2D eigenvalue weighted by atomic mass is 79.9. The Hall–Kier alpha value is -4.00. The molecule has 0 spiro atoms. The highest BCUT2D eigenvalue weighted by Crippen LogP contribution is 2.46. The number of nitrogens with zero attached hydrogens (tertiary/aromatic N) is 3. The summed E-state index contributed by atoms with van der Waals surface area (Å²) in [4.78, 5) is 28.1. The van der Waals surface area contributed by atoms with Crippen molar-refractivity contribution in [3.05, 3.63) is 111 Å². The third-order valence-corrected chi connectivity index (χ3v) is 8.91. The van der Waals surface area contributed by atoms with Crippen molar-refractivity contribution in [2.45, 2.75) is 16.1 Å². The van der Waals surface area contributed by atoms with Crippen LogP contribution in [0.4, 0.5) is 9.52 Å². The molecule has 0 saturated heterocycles. The predicted octanol–water partition coefficient (Wildman–Crippen LogP) is 6.63. The number of hydrogen-bond acceptors (Lipinski definition) is 9. The van der Waals surface area contributed by atoms with Crippen LogP contribution in [0.1, 0.15) is 22.7 Å². The van der Waals surface area contributed by atoms with E-state index in [1.54, 1.807) is 24.3 Å². The number of aromatic hydroxyl groups is 1. The number of anilines is 1. The molecular formula is C29H21BrFN3O5S2. The molecule has 5 rings (SSSR count). The molecule has 0 saturated carbocycles. The van der Waals surface area contributed by atoms with Crippen LogP contribution in [0.3, 0.4) is 0 Å². The van der Waals surface area contributed by atoms with Gasteiger partial charge in [0.05, 0.1) is 23.2 Å². The zero-order valence-electron chi connectivity index (χ0n) is 21.3. The molecule has 8 nitrogen and oxygen atoms in total. The van der Waals surface area contributed by atoms with Crippen molar-refractivity contribution in [2.75, 3.05) is 12.0 Å². The zero-order chi connectivity index (χ0) is 29.1. The van der Waals surface area contributed by atoms with E-state index in [1.165, 1.54) is 48.0 Å². The Morgan fingerprint density at radius 2 is 1.88 bits per heavy atom. The molecular weight excluding hydrogens is 633 g/mol. The summed E-state index contributed by atoms with van der Waals surface area (Å²) in [7, 11) is 1.37. The summed E-state index contributed by atoms with van der Waals surface area (Å²) in [6.07, 6.45) is 2.87. The number of allylic oxidation sites excluding steroid dienone is 1. The molecule has 4 aromatic rings. The standard InChI is InChI=1S/C29H21BrFN3O5S2/c1-39-22-14-18(13-19(30)25(22)36)24-23(21(35)12-11-16-7-3-2-4-8-16)26(37)27(38)34(24)28-32-33-29(41-28)40-15-17-9-5-6-10-20(17)31/h2-14,24,36-37H,15H2,1H3. The van der Waals surface area contributed by atoms with Crippen molar-refractivity contribution in [3.8, 4) is 11.5 Å². The lowest BCUT2D eigenvalue weighted by molar-refractivity contribution is -0.117. The Labute approximate surface area is 250 Å². The Balaban J connectivity index is 1.52. The number of phenolic OH excluding ortho intramolecular Hbond substituents is 1. The first kappa shape index (κ1) is 28.5. The first-order chi connectivity index (χ1) is 19.8. The van der Waals surface area contributed by atoms with E-state index in [4.69, 9.17) is 4.74 Å². The zero-order valence-corrected chi connectivity index (χ0v) is 24.5. The highest BCUT2D eigenvalue weighted by Gasteiger charge is 2.45. The number of hydrogen-bond donors (Lipinski definition) is 2. The normalized spacial score (nSPS) is 15.2. The van der Waals surface area contributed by atoms with Gasteiger partial charge in [-0.1, -0.05) is 77.7 Å². The van der Waals surface area contributed by atoms with Gasteiger partial charge in [0.1, 0.15) is 5.82 Å². The summed E-state index contributed by atoms with van der Waals surface area (Å²) in [5.41, 5.74) is 1.45. The van der Waals surface area contributed by atoms with E-state index in [2.05, 4.69) is 26.1 Å². The van der Waals surface area contributed by atoms with E-state index in [9.17, 15) is 24.2 Å². The maximum atomic E-state index is 14.1. The molecule has 1 aromatic heterocycles. The van der Waals surface area contributed by atoms with Crippen molar-refractivity contribution < 1.29 is 28.9 Å². The van der Waals surface area contributed by atoms with Crippen LogP contribution < -0.4 is 9.64 Å². The monoisotopic (exact) mass is 653 g/mol. The molecule has 1 aliphatic rings. The van der Waals surface area contributed by atoms with Gasteiger partial charge in [0, 0.05) is 5.75 Å². The lowest BCUT2D eigenvalue weighted by atomic mass is 9.95. The van der Waals surface area contributed by atoms with Crippen LogP contribution in [0.5, 0.6) is 11.5 Å². The number of thioether (sulfide) groups is 1. The van der Waals surface area contributed by atoms with Gasteiger partial charge >= 0.3 is 0 Å². The number of aromatic nitrogens is 2. The smallest absolute Gasteiger partial charge is 0.296 e. The molecule has 0 aliphatic carbocycles. The third kappa shape index (κ3) is 5.90. The second-order valence-electron chi connectivity index (χ2n) is 8.73. The first-order valence-corrected chi connectivity index (χ1v) is 14.7. The number of halogens is 2. The van der Waals surface area contributed by atoms with Crippen LogP contribution in [-0.2, 0) is 15.3 Å². The van der Waals surface area contributed by atoms with Gasteiger partial charge in [-0.15, -0.1) is 10.2 Å². The Morgan fingerprint density at radius 3 is 2.61 bits per heavy atom. The average Bonchev–Trinajstić information content (AvgIpc) is 3.55. The van der Waals surface area contributed by atoms with Crippen LogP contribution in [0.25, 0.3) is 6.08 Å². The van der Waals surface area contributed by atoms with Gasteiger partial charge in [-0.25, -0.2) is 4.39 Å². The van der Waals surface area contributed by atoms with E-state index in [1.807, 2.05) is 30.3 Å². The van der Waals surface area contributed by atoms with E-state index < -0.39 is 23.5 Å². The fourth-order valence-corrected chi connectivity index (χ4v) is 6.53. The number of ether oxygens (including phenoxy) is 1. The van der Waals surface area contributed by atoms with E-state index in [-0.39, 0.29) is 38.2 Å². The van der Waals surface area contributed by atoms with Gasteiger partial charge in [0.2, 0.25) is 5.13 Å². The van der Waals surface area contributed by atoms with Gasteiger partial charge in [-0.3, -0.25) is 14.5 Å². The van der Waals surface area contributed by atoms with Gasteiger partial charge < -0.3 is 14.9 Å². The Morgan fingerprint density at radius 1 is 1.15 bits per heavy atom. The first-order valence-electron chi connectivity index (χ1n) is 12.1. The number of aliphatic hydroxyl groups excluding tert-OH is 1. The van der Waals surface area contributed by atoms with Crippen molar-refractivity contribution >= 4 is 61.9 Å². The maximum Gasteiger partial charge on any atom is 0.296 e. The minimum Gasteiger partial charge on any atom is -0.503 e. The number of rotatable bonds is 9. The van der Waals surface area contributed by atoms with E-state index in [0.717, 1.165) is 16.9 Å². The molecule has 2 N–H and O–H groups in total. The molecule has 1 unspecified atom stereocenters. The second-order valence-corrected chi connectivity index (χ2v) is 11.8. The number of ketones is 1. The predicted molar refractivity (Wildman–Crippen MR) is 159 cm³/mol. The number of aliphatic hydroxyl groups is 1. The maximum absolute atomic E-state index is 14.1. The van der Waals surface area contributed by atoms with Crippen LogP contribution in [0.15, 0.2) is 93.0 Å². The molecule has 12 heteroatoms. The molecule has 1 atom stereocenters. The molecule has 2 heterocycles. The van der Waals surface area contributed by atoms with Crippen molar-refractivity contribution in [1.82, 2.24) is 10.2 Å². The summed E-state index contributed by atoms with van der Waals surface area (Å²) < 4.78 is 20.1. The second kappa shape index (κ2) is 12.2. The number of methoxy groups -OCH3 is 1. The topological polar surface area (TPSA) is 113 Å². The summed E-state index contributed by atoms with van der Waals surface area (Å²) in [5, 5.41) is 29.8. The molecule has 208 valence electrons. The lowest BCUT2D eigenvalue weighted by Crippen LogP contribution is -2.31. The van der Waals surface area contributed by atoms with E-state index >= 15 is 0 Å². The van der Waals surface area contributed by atoms with Crippen LogP contribution >= 0.6 is 39.0 Å². The lowest BCUT2D eigenvalue weighted by Gasteiger charge is -2.24. The highest BCUT2D eigenvalue weighted by molar-refractivity contribution is 9.10. The van der Waals surface area contributed by atoms with Crippen LogP contribution in [0, 0.1) is 5.82 Å². The Bertz CT molecular complexity index is 1690. The summed E-state index contributed by atoms with van der Waals surface area (Å²) in [5.74, 6) is -2.27. The summed E-state index contributed by atoms with van der Waals surface area (Å²) >= 11 is 5.60. The van der Waals surface area contributed by atoms with Gasteiger partial charge in [0.25, 0.3) is 5.91 Å². The van der Waals surface area contributed by atoms with Gasteiger partial charge in [0.15, 0.2) is 27.4 Å². The molecule has 0 fully saturated rings. The molecule has 1 amide bonds. The minimum absolute atomic E-state index is 0.0955. The fraction of sp³-hybridized carbons (Fsp3) is 0.103. The number of phenols is 1. The largest absolute Gasteiger partial charge is 0.503 e. The molecule has 3 aromatic carbocycles. The van der Waals surface area contributed by atoms with E-state index in [0.29, 0.717) is 15.5 Å². The van der Waals surface area contributed by atoms with Gasteiger partial charge in [-0.05, 0) is 56.9 Å². The third-order valence-electron chi connectivity index (χ3n) is 6.20. The van der Waals surface area contributed by atoms with Gasteiger partial charge in [-0.2, -0.15) is 0 Å². The van der Waals surface area contributed by atoms with Crippen molar-refractivity contribution in [3.63, 3.8) is 0 Å². The molecule has 1 aliphatic heterocycles. The molecule has 0 bridgehead atoms. The molecule has 0 radical (unpaired) electrons. The number of carbonyl (C=O) groups is 2. The number of benzene rings is 3. The van der Waals surface area contributed by atoms with Crippen LogP contribution in [-0.4, -0.2) is 39.2 Å². The summed E-state index contributed by atoms with van der Waals surface area (Å²) in [6.45, 7) is 0. The number of amides is 1. The number of carbonyl (C=O) groups excluding carboxylic acids is 2. The SMILES string of the molecule is COc1cc(C2C(C(=O)C=Cc3ccccc3)=C(O)C(=O)N2c2nnc(SCc3ccccc3F)s2)cc(Br)c1O. The molecule has 41 heavy (non-hydrogen) atoms. The quantitative estimate of drug-likeness (QED) is 0.118. The van der Waals surface area contributed by atoms with Crippen molar-refractivity contribution in [2.24, 2.45) is 0 Å². The Kier molecular flexibility index (Phi) is 8.52. The van der Waals surface area contributed by atoms with Crippen molar-refractivity contribution in [1.29, 1.82) is 0 Å².